The number of carbonyl (C=O) groups excluding carboxylic acids is 1. The molecule has 1 unspecified atom stereocenters. The minimum Gasteiger partial charge on any atom is -0.491 e. The van der Waals surface area contributed by atoms with Crippen LogP contribution in [0.1, 0.15) is 41.5 Å². The molecule has 0 bridgehead atoms. The second-order valence-corrected chi connectivity index (χ2v) is 8.69. The van der Waals surface area contributed by atoms with Crippen molar-refractivity contribution in [2.24, 2.45) is 0 Å². The van der Waals surface area contributed by atoms with Gasteiger partial charge in [0.25, 0.3) is 5.91 Å². The average molecular weight is 437 g/mol. The van der Waals surface area contributed by atoms with E-state index in [1.54, 1.807) is 0 Å². The molecule has 1 amide bonds. The largest absolute Gasteiger partial charge is 0.491 e. The van der Waals surface area contributed by atoms with Gasteiger partial charge in [-0.25, -0.2) is 0 Å². The minimum absolute atomic E-state index is 0.0225. The summed E-state index contributed by atoms with van der Waals surface area (Å²) in [6, 6.07) is 30.5. The molecule has 0 fully saturated rings. The van der Waals surface area contributed by atoms with Crippen molar-refractivity contribution in [1.82, 2.24) is 4.90 Å². The molecule has 0 aliphatic carbocycles. The third kappa shape index (κ3) is 4.17. The van der Waals surface area contributed by atoms with Gasteiger partial charge in [0.15, 0.2) is 0 Å². The van der Waals surface area contributed by atoms with Crippen molar-refractivity contribution in [2.75, 3.05) is 11.9 Å². The number of hydrogen-bond donors (Lipinski definition) is 1. The van der Waals surface area contributed by atoms with Crippen LogP contribution in [0.4, 0.5) is 5.69 Å². The first kappa shape index (κ1) is 21.1. The smallest absolute Gasteiger partial charge is 0.257 e. The number of anilines is 1. The zero-order valence-corrected chi connectivity index (χ0v) is 19.0. The summed E-state index contributed by atoms with van der Waals surface area (Å²) in [5.41, 5.74) is 3.76. The third-order valence-electron chi connectivity index (χ3n) is 6.07. The van der Waals surface area contributed by atoms with Crippen molar-refractivity contribution in [3.8, 4) is 5.75 Å². The van der Waals surface area contributed by atoms with Gasteiger partial charge in [0.1, 0.15) is 11.9 Å². The van der Waals surface area contributed by atoms with Gasteiger partial charge in [0, 0.05) is 17.8 Å². The van der Waals surface area contributed by atoms with Crippen LogP contribution in [-0.4, -0.2) is 23.5 Å². The third-order valence-corrected chi connectivity index (χ3v) is 6.07. The Bertz CT molecular complexity index is 1280. The number of carbonyl (C=O) groups is 1. The first-order valence-corrected chi connectivity index (χ1v) is 11.5. The van der Waals surface area contributed by atoms with Gasteiger partial charge >= 0.3 is 0 Å². The number of hydrogen-bond acceptors (Lipinski definition) is 3. The van der Waals surface area contributed by atoms with Crippen LogP contribution < -0.4 is 10.1 Å². The van der Waals surface area contributed by atoms with E-state index in [0.717, 1.165) is 34.2 Å². The van der Waals surface area contributed by atoms with E-state index in [9.17, 15) is 4.79 Å². The van der Waals surface area contributed by atoms with E-state index >= 15 is 0 Å². The van der Waals surface area contributed by atoms with E-state index in [-0.39, 0.29) is 18.2 Å². The lowest BCUT2D eigenvalue weighted by atomic mass is 9.96. The van der Waals surface area contributed by atoms with Crippen LogP contribution in [-0.2, 0) is 6.42 Å². The zero-order valence-electron chi connectivity index (χ0n) is 19.0. The topological polar surface area (TPSA) is 41.6 Å². The SMILES string of the molecule is CC(C)Oc1ccc2ccccc2c1C1Nc2ccccc2C(=O)N1CCc1ccccc1. The van der Waals surface area contributed by atoms with Gasteiger partial charge in [-0.15, -0.1) is 0 Å². The molecule has 0 aromatic heterocycles. The van der Waals surface area contributed by atoms with Gasteiger partial charge in [-0.1, -0.05) is 72.8 Å². The standard InChI is InChI=1S/C29H28N2O2/c1-20(2)33-26-17-16-22-12-6-7-13-23(22)27(26)28-30-25-15-9-8-14-24(25)29(32)31(28)19-18-21-10-4-3-5-11-21/h3-17,20,28,30H,18-19H2,1-2H3. The van der Waals surface area contributed by atoms with Crippen LogP contribution in [0.25, 0.3) is 10.8 Å². The lowest BCUT2D eigenvalue weighted by molar-refractivity contribution is 0.0683. The normalized spacial score (nSPS) is 15.4. The summed E-state index contributed by atoms with van der Waals surface area (Å²) in [7, 11) is 0. The van der Waals surface area contributed by atoms with Crippen molar-refractivity contribution in [2.45, 2.75) is 32.5 Å². The van der Waals surface area contributed by atoms with Crippen LogP contribution in [0, 0.1) is 0 Å². The fourth-order valence-corrected chi connectivity index (χ4v) is 4.56. The van der Waals surface area contributed by atoms with Crippen LogP contribution >= 0.6 is 0 Å². The highest BCUT2D eigenvalue weighted by atomic mass is 16.5. The highest BCUT2D eigenvalue weighted by molar-refractivity contribution is 6.02. The first-order valence-electron chi connectivity index (χ1n) is 11.5. The lowest BCUT2D eigenvalue weighted by Gasteiger charge is -2.39. The van der Waals surface area contributed by atoms with Crippen molar-refractivity contribution in [3.63, 3.8) is 0 Å². The maximum atomic E-state index is 13.7. The van der Waals surface area contributed by atoms with Crippen LogP contribution in [0.5, 0.6) is 5.75 Å². The molecule has 0 saturated heterocycles. The van der Waals surface area contributed by atoms with E-state index in [2.05, 4.69) is 35.6 Å². The Kier molecular flexibility index (Phi) is 5.74. The number of amides is 1. The Labute approximate surface area is 194 Å². The predicted octanol–water partition coefficient (Wildman–Crippen LogP) is 6.44. The van der Waals surface area contributed by atoms with E-state index in [1.165, 1.54) is 5.56 Å². The second-order valence-electron chi connectivity index (χ2n) is 8.69. The summed E-state index contributed by atoms with van der Waals surface area (Å²) >= 11 is 0. The molecule has 1 N–H and O–H groups in total. The molecule has 4 aromatic rings. The number of fused-ring (bicyclic) bond motifs is 2. The maximum absolute atomic E-state index is 13.7. The van der Waals surface area contributed by atoms with Gasteiger partial charge in [0.2, 0.25) is 0 Å². The molecule has 4 nitrogen and oxygen atoms in total. The number of ether oxygens (including phenoxy) is 1. The summed E-state index contributed by atoms with van der Waals surface area (Å²) in [6.45, 7) is 4.65. The second kappa shape index (κ2) is 8.99. The van der Waals surface area contributed by atoms with Crippen LogP contribution in [0.3, 0.4) is 0 Å². The van der Waals surface area contributed by atoms with E-state index < -0.39 is 0 Å². The van der Waals surface area contributed by atoms with E-state index in [0.29, 0.717) is 12.1 Å². The molecule has 166 valence electrons. The first-order chi connectivity index (χ1) is 16.1. The van der Waals surface area contributed by atoms with Gasteiger partial charge in [-0.3, -0.25) is 4.79 Å². The number of para-hydroxylation sites is 1. The molecule has 1 aliphatic rings. The Balaban J connectivity index is 1.64. The van der Waals surface area contributed by atoms with Crippen LogP contribution in [0.15, 0.2) is 91.0 Å². The summed E-state index contributed by atoms with van der Waals surface area (Å²) < 4.78 is 6.26. The van der Waals surface area contributed by atoms with Crippen molar-refractivity contribution >= 4 is 22.4 Å². The number of benzene rings is 4. The van der Waals surface area contributed by atoms with Crippen molar-refractivity contribution in [1.29, 1.82) is 0 Å². The Morgan fingerprint density at radius 3 is 2.42 bits per heavy atom. The molecule has 1 atom stereocenters. The monoisotopic (exact) mass is 436 g/mol. The molecular formula is C29H28N2O2. The fraction of sp³-hybridized carbons (Fsp3) is 0.207. The fourth-order valence-electron chi connectivity index (χ4n) is 4.56. The van der Waals surface area contributed by atoms with E-state index in [4.69, 9.17) is 4.74 Å². The van der Waals surface area contributed by atoms with Gasteiger partial charge in [-0.2, -0.15) is 0 Å². The molecule has 1 heterocycles. The van der Waals surface area contributed by atoms with Gasteiger partial charge in [0.05, 0.1) is 11.7 Å². The molecular weight excluding hydrogens is 408 g/mol. The predicted molar refractivity (Wildman–Crippen MR) is 134 cm³/mol. The van der Waals surface area contributed by atoms with Crippen molar-refractivity contribution in [3.05, 3.63) is 108 Å². The number of rotatable bonds is 6. The quantitative estimate of drug-likeness (QED) is 0.378. The molecule has 4 heteroatoms. The summed E-state index contributed by atoms with van der Waals surface area (Å²) in [5.74, 6) is 0.840. The highest BCUT2D eigenvalue weighted by Gasteiger charge is 2.35. The highest BCUT2D eigenvalue weighted by Crippen LogP contribution is 2.41. The number of nitrogens with one attached hydrogen (secondary N) is 1. The molecule has 4 aromatic carbocycles. The molecule has 1 aliphatic heterocycles. The summed E-state index contributed by atoms with van der Waals surface area (Å²) in [4.78, 5) is 15.7. The number of nitrogens with zero attached hydrogens (tertiary/aromatic N) is 1. The average Bonchev–Trinajstić information content (AvgIpc) is 2.84. The Morgan fingerprint density at radius 2 is 1.61 bits per heavy atom. The van der Waals surface area contributed by atoms with Crippen molar-refractivity contribution < 1.29 is 9.53 Å². The molecule has 5 rings (SSSR count). The van der Waals surface area contributed by atoms with E-state index in [1.807, 2.05) is 79.4 Å². The lowest BCUT2D eigenvalue weighted by Crippen LogP contribution is -2.44. The maximum Gasteiger partial charge on any atom is 0.257 e. The van der Waals surface area contributed by atoms with Crippen LogP contribution in [0.2, 0.25) is 0 Å². The van der Waals surface area contributed by atoms with Gasteiger partial charge in [-0.05, 0) is 54.8 Å². The molecule has 0 spiro atoms. The summed E-state index contributed by atoms with van der Waals surface area (Å²) in [6.07, 6.45) is 0.461. The zero-order chi connectivity index (χ0) is 22.8. The molecule has 0 radical (unpaired) electrons. The Morgan fingerprint density at radius 1 is 0.879 bits per heavy atom. The van der Waals surface area contributed by atoms with Gasteiger partial charge < -0.3 is 15.0 Å². The Hall–Kier alpha value is -3.79. The molecule has 0 saturated carbocycles. The minimum atomic E-state index is -0.337. The molecule has 33 heavy (non-hydrogen) atoms. The summed E-state index contributed by atoms with van der Waals surface area (Å²) in [5, 5.41) is 5.87.